The molecule has 0 bridgehead atoms. The number of hydrogen-bond donors (Lipinski definition) is 0. The Bertz CT molecular complexity index is 1240. The van der Waals surface area contributed by atoms with Gasteiger partial charge in [-0.05, 0) is 0 Å². The van der Waals surface area contributed by atoms with Crippen LogP contribution in [0.1, 0.15) is 105 Å². The van der Waals surface area contributed by atoms with Crippen LogP contribution in [0.15, 0.2) is 51.3 Å². The van der Waals surface area contributed by atoms with E-state index in [9.17, 15) is 0 Å². The van der Waals surface area contributed by atoms with Crippen molar-refractivity contribution in [2.75, 3.05) is 0 Å². The molecule has 0 amide bonds. The standard InChI is InChI=1S/C21H25.C9H13.C3H6.Zr/c1-20(2,3)16-9-7-14-11-15-8-10-17(21(4,5)6)13-19(15)18(14)12-16;1-9(2,3)8-6-4-5-7-8;1-3-2;/h7,9-10,12-13H,11H2,1-6H3;6-7H,4H2,1-3H3;1-2H3;. The van der Waals surface area contributed by atoms with Crippen LogP contribution >= 0.6 is 0 Å². The second kappa shape index (κ2) is 8.66. The molecule has 0 saturated carbocycles. The van der Waals surface area contributed by atoms with Gasteiger partial charge in [-0.25, -0.2) is 0 Å². The molecule has 0 nitrogen and oxygen atoms in total. The van der Waals surface area contributed by atoms with Crippen LogP contribution in [0.5, 0.6) is 0 Å². The van der Waals surface area contributed by atoms with Gasteiger partial charge in [-0.1, -0.05) is 0 Å². The first-order valence-electron chi connectivity index (χ1n) is 13.0. The van der Waals surface area contributed by atoms with Gasteiger partial charge in [0.25, 0.3) is 0 Å². The van der Waals surface area contributed by atoms with Crippen LogP contribution in [0.25, 0.3) is 11.1 Å². The molecule has 2 aliphatic rings. The summed E-state index contributed by atoms with van der Waals surface area (Å²) in [6.45, 7) is 26.0. The Morgan fingerprint density at radius 3 is 1.88 bits per heavy atom. The Hall–Kier alpha value is -1.33. The minimum atomic E-state index is -2.17. The van der Waals surface area contributed by atoms with Crippen LogP contribution in [0, 0.1) is 5.41 Å². The van der Waals surface area contributed by atoms with Crippen molar-refractivity contribution in [1.29, 1.82) is 0 Å². The molecule has 0 radical (unpaired) electrons. The van der Waals surface area contributed by atoms with Gasteiger partial charge in [-0.3, -0.25) is 0 Å². The van der Waals surface area contributed by atoms with Crippen molar-refractivity contribution in [1.82, 2.24) is 0 Å². The zero-order valence-corrected chi connectivity index (χ0v) is 25.9. The maximum absolute atomic E-state index is 2.63. The summed E-state index contributed by atoms with van der Waals surface area (Å²) in [5.41, 5.74) is 11.2. The first-order valence-corrected chi connectivity index (χ1v) is 16.7. The fourth-order valence-electron chi connectivity index (χ4n) is 5.38. The van der Waals surface area contributed by atoms with Gasteiger partial charge >= 0.3 is 218 Å². The molecular formula is C33H44Zr. The van der Waals surface area contributed by atoms with E-state index in [4.69, 9.17) is 0 Å². The predicted molar refractivity (Wildman–Crippen MR) is 148 cm³/mol. The Balaban J connectivity index is 1.95. The Labute approximate surface area is 216 Å². The Kier molecular flexibility index (Phi) is 6.56. The molecule has 0 atom stereocenters. The zero-order chi connectivity index (χ0) is 25.2. The SMILES string of the molecule is C[C](C)=[Zr]([C]1=CC(C(C)(C)C)=CC1)[c]1cc(C(C)(C)C)cc2c1Cc1ccc(C(C)(C)C)cc1-2. The molecule has 0 fully saturated rings. The average molecular weight is 532 g/mol. The van der Waals surface area contributed by atoms with Crippen molar-refractivity contribution in [3.63, 3.8) is 0 Å². The summed E-state index contributed by atoms with van der Waals surface area (Å²) in [6.07, 6.45) is 7.36. The number of allylic oxidation sites excluding steroid dienone is 4. The summed E-state index contributed by atoms with van der Waals surface area (Å²) < 4.78 is 5.18. The van der Waals surface area contributed by atoms with Gasteiger partial charge in [0, 0.05) is 0 Å². The van der Waals surface area contributed by atoms with E-state index in [1.54, 1.807) is 15.3 Å². The van der Waals surface area contributed by atoms with E-state index in [0.717, 1.165) is 12.8 Å². The third-order valence-electron chi connectivity index (χ3n) is 7.58. The van der Waals surface area contributed by atoms with Crippen LogP contribution in [0.3, 0.4) is 0 Å². The van der Waals surface area contributed by atoms with E-state index in [1.165, 1.54) is 33.4 Å². The van der Waals surface area contributed by atoms with Crippen LogP contribution < -0.4 is 3.27 Å². The molecule has 0 N–H and O–H groups in total. The molecule has 34 heavy (non-hydrogen) atoms. The molecule has 180 valence electrons. The first-order chi connectivity index (χ1) is 15.6. The van der Waals surface area contributed by atoms with E-state index < -0.39 is 21.3 Å². The van der Waals surface area contributed by atoms with E-state index in [1.807, 2.05) is 0 Å². The van der Waals surface area contributed by atoms with Crippen molar-refractivity contribution in [3.05, 3.63) is 73.6 Å². The molecule has 0 aromatic heterocycles. The molecule has 2 aromatic carbocycles. The average Bonchev–Trinajstić information content (AvgIpc) is 3.31. The summed E-state index contributed by atoms with van der Waals surface area (Å²) in [6, 6.07) is 12.4. The minimum absolute atomic E-state index is 0.142. The zero-order valence-electron chi connectivity index (χ0n) is 23.5. The molecule has 0 unspecified atom stereocenters. The third kappa shape index (κ3) is 4.84. The van der Waals surface area contributed by atoms with Crippen molar-refractivity contribution in [2.45, 2.75) is 99.8 Å². The molecule has 0 aliphatic heterocycles. The monoisotopic (exact) mass is 530 g/mol. The Morgan fingerprint density at radius 1 is 0.735 bits per heavy atom. The third-order valence-corrected chi connectivity index (χ3v) is 14.9. The van der Waals surface area contributed by atoms with Crippen molar-refractivity contribution < 1.29 is 21.3 Å². The maximum atomic E-state index is 2.63. The van der Waals surface area contributed by atoms with Gasteiger partial charge in [0.05, 0.1) is 0 Å². The van der Waals surface area contributed by atoms with Gasteiger partial charge in [0.2, 0.25) is 0 Å². The summed E-state index contributed by atoms with van der Waals surface area (Å²) in [5.74, 6) is 0. The van der Waals surface area contributed by atoms with Gasteiger partial charge in [-0.15, -0.1) is 0 Å². The van der Waals surface area contributed by atoms with Crippen molar-refractivity contribution in [3.8, 4) is 11.1 Å². The molecule has 0 saturated heterocycles. The summed E-state index contributed by atoms with van der Waals surface area (Å²) >= 11 is -2.17. The van der Waals surface area contributed by atoms with Crippen LogP contribution in [0.4, 0.5) is 0 Å². The van der Waals surface area contributed by atoms with Gasteiger partial charge < -0.3 is 0 Å². The summed E-state index contributed by atoms with van der Waals surface area (Å²) in [5, 5.41) is 0. The van der Waals surface area contributed by atoms with Crippen LogP contribution in [-0.2, 0) is 38.5 Å². The number of hydrogen-bond acceptors (Lipinski definition) is 0. The fourth-order valence-corrected chi connectivity index (χ4v) is 12.7. The number of fused-ring (bicyclic) bond motifs is 3. The number of rotatable bonds is 2. The summed E-state index contributed by atoms with van der Waals surface area (Å²) in [7, 11) is 0. The molecule has 4 rings (SSSR count). The predicted octanol–water partition coefficient (Wildman–Crippen LogP) is 8.57. The molecule has 1 heteroatoms. The molecule has 2 aliphatic carbocycles. The normalized spacial score (nSPS) is 15.6. The Morgan fingerprint density at radius 2 is 1.35 bits per heavy atom. The van der Waals surface area contributed by atoms with E-state index in [-0.39, 0.29) is 16.2 Å². The quantitative estimate of drug-likeness (QED) is 0.311. The topological polar surface area (TPSA) is 0 Å². The van der Waals surface area contributed by atoms with E-state index in [0.29, 0.717) is 0 Å². The van der Waals surface area contributed by atoms with Crippen molar-refractivity contribution >= 4 is 6.48 Å². The second-order valence-electron chi connectivity index (χ2n) is 13.8. The van der Waals surface area contributed by atoms with Crippen LogP contribution in [-0.4, -0.2) is 3.21 Å². The van der Waals surface area contributed by atoms with Crippen LogP contribution in [0.2, 0.25) is 0 Å². The molecule has 0 heterocycles. The van der Waals surface area contributed by atoms with Crippen molar-refractivity contribution in [2.24, 2.45) is 5.41 Å². The first kappa shape index (κ1) is 25.8. The van der Waals surface area contributed by atoms with E-state index >= 15 is 0 Å². The molecule has 2 aromatic rings. The molecular weight excluding hydrogens is 488 g/mol. The second-order valence-corrected chi connectivity index (χ2v) is 21.0. The number of benzene rings is 2. The van der Waals surface area contributed by atoms with Gasteiger partial charge in [-0.2, -0.15) is 0 Å². The van der Waals surface area contributed by atoms with E-state index in [2.05, 4.69) is 119 Å². The van der Waals surface area contributed by atoms with Gasteiger partial charge in [0.1, 0.15) is 0 Å². The summed E-state index contributed by atoms with van der Waals surface area (Å²) in [4.78, 5) is 0. The molecule has 0 spiro atoms. The van der Waals surface area contributed by atoms with Gasteiger partial charge in [0.15, 0.2) is 0 Å². The fraction of sp³-hybridized carbons (Fsp3) is 0.485.